The topological polar surface area (TPSA) is 110 Å². The van der Waals surface area contributed by atoms with E-state index in [0.29, 0.717) is 11.1 Å². The Hall–Kier alpha value is -6.02. The van der Waals surface area contributed by atoms with E-state index in [1.54, 1.807) is 24.3 Å². The lowest BCUT2D eigenvalue weighted by atomic mass is 10.0. The number of methoxy groups -OCH3 is 2. The third-order valence-corrected chi connectivity index (χ3v) is 7.59. The molecule has 2 N–H and O–H groups in total. The van der Waals surface area contributed by atoms with Crippen LogP contribution >= 0.6 is 0 Å². The molecule has 5 heterocycles. The molecule has 8 nitrogen and oxygen atoms in total. The Morgan fingerprint density at radius 3 is 1.41 bits per heavy atom. The summed E-state index contributed by atoms with van der Waals surface area (Å²) in [5.41, 5.74) is 11.3. The van der Waals surface area contributed by atoms with Gasteiger partial charge >= 0.3 is 11.9 Å². The standard InChI is InChI=1S/C36H26N4O4/c1-43-35(41)23-7-3-21(4-8-23)33-29-15-11-25(37-29)19-27-13-17-31(39-27)34(22-5-9-24(10-6-22)36(42)44-2)32-18-14-28(40-32)20-26-12-16-30(33)38-26/h3-20,37-38H,1-2H3. The quantitative estimate of drug-likeness (QED) is 0.209. The number of aromatic nitrogens is 4. The number of rotatable bonds is 4. The van der Waals surface area contributed by atoms with Gasteiger partial charge in [0.1, 0.15) is 0 Å². The van der Waals surface area contributed by atoms with Gasteiger partial charge in [0.05, 0.1) is 48.1 Å². The van der Waals surface area contributed by atoms with Gasteiger partial charge in [0.25, 0.3) is 0 Å². The van der Waals surface area contributed by atoms with E-state index in [2.05, 4.69) is 9.97 Å². The molecule has 5 aromatic rings. The molecule has 0 saturated heterocycles. The van der Waals surface area contributed by atoms with E-state index in [0.717, 1.165) is 67.1 Å². The summed E-state index contributed by atoms with van der Waals surface area (Å²) >= 11 is 0. The Bertz CT molecular complexity index is 2070. The molecule has 0 saturated carbocycles. The number of hydrogen-bond acceptors (Lipinski definition) is 6. The van der Waals surface area contributed by atoms with Crippen molar-refractivity contribution in [2.45, 2.75) is 0 Å². The fourth-order valence-electron chi connectivity index (χ4n) is 5.46. The molecule has 2 aromatic carbocycles. The van der Waals surface area contributed by atoms with Gasteiger partial charge in [-0.3, -0.25) is 0 Å². The number of hydrogen-bond donors (Lipinski definition) is 2. The summed E-state index contributed by atoms with van der Waals surface area (Å²) in [6.45, 7) is 0. The Labute approximate surface area is 252 Å². The van der Waals surface area contributed by atoms with Crippen LogP contribution in [0.3, 0.4) is 0 Å². The summed E-state index contributed by atoms with van der Waals surface area (Å²) in [7, 11) is 2.74. The minimum absolute atomic E-state index is 0.380. The molecule has 0 radical (unpaired) electrons. The molecule has 7 rings (SSSR count). The number of ether oxygens (including phenoxy) is 2. The van der Waals surface area contributed by atoms with Gasteiger partial charge in [-0.05, 0) is 96.1 Å². The zero-order valence-corrected chi connectivity index (χ0v) is 23.9. The summed E-state index contributed by atoms with van der Waals surface area (Å²) in [5.74, 6) is -0.768. The molecule has 8 bridgehead atoms. The maximum absolute atomic E-state index is 12.0. The van der Waals surface area contributed by atoms with Crippen molar-refractivity contribution in [3.05, 3.63) is 119 Å². The van der Waals surface area contributed by atoms with E-state index >= 15 is 0 Å². The fraction of sp³-hybridized carbons (Fsp3) is 0.0556. The minimum Gasteiger partial charge on any atom is -0.465 e. The molecule has 214 valence electrons. The average molecular weight is 579 g/mol. The van der Waals surface area contributed by atoms with Gasteiger partial charge in [0.2, 0.25) is 0 Å². The van der Waals surface area contributed by atoms with Crippen molar-refractivity contribution in [3.8, 4) is 22.3 Å². The summed E-state index contributed by atoms with van der Waals surface area (Å²) in [5, 5.41) is 0. The predicted molar refractivity (Wildman–Crippen MR) is 172 cm³/mol. The Morgan fingerprint density at radius 1 is 0.545 bits per heavy atom. The van der Waals surface area contributed by atoms with Gasteiger partial charge in [-0.2, -0.15) is 0 Å². The number of carbonyl (C=O) groups excluding carboxylic acids is 2. The van der Waals surface area contributed by atoms with Crippen LogP contribution in [0.4, 0.5) is 0 Å². The number of benzene rings is 2. The van der Waals surface area contributed by atoms with Crippen molar-refractivity contribution in [1.29, 1.82) is 0 Å². The number of nitrogens with zero attached hydrogens (tertiary/aromatic N) is 2. The average Bonchev–Trinajstić information content (AvgIpc) is 3.88. The van der Waals surface area contributed by atoms with Crippen LogP contribution in [0.1, 0.15) is 43.5 Å². The maximum atomic E-state index is 12.0. The van der Waals surface area contributed by atoms with Crippen LogP contribution in [0.25, 0.3) is 68.6 Å². The van der Waals surface area contributed by atoms with Gasteiger partial charge in [-0.15, -0.1) is 0 Å². The molecule has 0 unspecified atom stereocenters. The summed E-state index contributed by atoms with van der Waals surface area (Å²) < 4.78 is 9.75. The summed E-state index contributed by atoms with van der Waals surface area (Å²) in [4.78, 5) is 41.1. The van der Waals surface area contributed by atoms with Crippen molar-refractivity contribution < 1.29 is 19.1 Å². The van der Waals surface area contributed by atoms with E-state index in [4.69, 9.17) is 19.4 Å². The van der Waals surface area contributed by atoms with Crippen LogP contribution < -0.4 is 0 Å². The van der Waals surface area contributed by atoms with E-state index < -0.39 is 0 Å². The minimum atomic E-state index is -0.388. The van der Waals surface area contributed by atoms with Gasteiger partial charge in [-0.1, -0.05) is 24.3 Å². The van der Waals surface area contributed by atoms with Crippen LogP contribution in [0.5, 0.6) is 0 Å². The van der Waals surface area contributed by atoms with Crippen LogP contribution in [0.2, 0.25) is 0 Å². The van der Waals surface area contributed by atoms with Crippen molar-refractivity contribution >= 4 is 58.3 Å². The summed E-state index contributed by atoms with van der Waals surface area (Å²) in [6, 6.07) is 26.7. The molecular weight excluding hydrogens is 552 g/mol. The molecule has 8 heteroatoms. The summed E-state index contributed by atoms with van der Waals surface area (Å²) in [6.07, 6.45) is 7.90. The molecule has 0 aliphatic carbocycles. The molecule has 0 fully saturated rings. The Morgan fingerprint density at radius 2 is 0.977 bits per heavy atom. The van der Waals surface area contributed by atoms with Crippen molar-refractivity contribution in [3.63, 3.8) is 0 Å². The SMILES string of the molecule is COC(=O)c1ccc(-c2c3nc(cc4ccc([nH]4)c(-c4ccc(C(=O)OC)cc4)c4ccc(cc5nc2C=C5)[nH]4)C=C3)cc1. The highest BCUT2D eigenvalue weighted by Gasteiger charge is 2.16. The van der Waals surface area contributed by atoms with Crippen molar-refractivity contribution in [1.82, 2.24) is 19.9 Å². The zero-order valence-electron chi connectivity index (χ0n) is 23.9. The zero-order chi connectivity index (χ0) is 30.2. The number of carbonyl (C=O) groups is 2. The van der Waals surface area contributed by atoms with Crippen LogP contribution in [-0.2, 0) is 9.47 Å². The smallest absolute Gasteiger partial charge is 0.337 e. The number of aromatic amines is 2. The predicted octanol–water partition coefficient (Wildman–Crippen LogP) is 7.56. The first kappa shape index (κ1) is 26.9. The first-order valence-electron chi connectivity index (χ1n) is 14.0. The lowest BCUT2D eigenvalue weighted by Crippen LogP contribution is -2.00. The van der Waals surface area contributed by atoms with Crippen LogP contribution in [0, 0.1) is 0 Å². The lowest BCUT2D eigenvalue weighted by molar-refractivity contribution is 0.0592. The molecular formula is C36H26N4O4. The molecule has 2 aliphatic heterocycles. The second-order valence-electron chi connectivity index (χ2n) is 10.3. The first-order chi connectivity index (χ1) is 21.5. The molecule has 44 heavy (non-hydrogen) atoms. The largest absolute Gasteiger partial charge is 0.465 e. The maximum Gasteiger partial charge on any atom is 0.337 e. The normalized spacial score (nSPS) is 11.9. The van der Waals surface area contributed by atoms with E-state index in [9.17, 15) is 9.59 Å². The number of H-pyrrole nitrogens is 2. The monoisotopic (exact) mass is 578 g/mol. The van der Waals surface area contributed by atoms with E-state index in [-0.39, 0.29) is 11.9 Å². The second kappa shape index (κ2) is 11.0. The third-order valence-electron chi connectivity index (χ3n) is 7.59. The third kappa shape index (κ3) is 4.98. The number of esters is 2. The number of fused-ring (bicyclic) bond motifs is 8. The fourth-order valence-corrected chi connectivity index (χ4v) is 5.46. The highest BCUT2D eigenvalue weighted by atomic mass is 16.5. The first-order valence-corrected chi connectivity index (χ1v) is 14.0. The Balaban J connectivity index is 1.46. The lowest BCUT2D eigenvalue weighted by Gasteiger charge is -2.06. The van der Waals surface area contributed by atoms with Crippen molar-refractivity contribution in [2.75, 3.05) is 14.2 Å². The van der Waals surface area contributed by atoms with Gasteiger partial charge < -0.3 is 19.4 Å². The second-order valence-corrected chi connectivity index (χ2v) is 10.3. The van der Waals surface area contributed by atoms with E-state index in [1.807, 2.05) is 85.0 Å². The molecule has 0 spiro atoms. The molecule has 2 aliphatic rings. The van der Waals surface area contributed by atoms with Crippen LogP contribution in [-0.4, -0.2) is 46.1 Å². The van der Waals surface area contributed by atoms with Gasteiger partial charge in [0, 0.05) is 33.2 Å². The van der Waals surface area contributed by atoms with Crippen molar-refractivity contribution in [2.24, 2.45) is 0 Å². The molecule has 3 aromatic heterocycles. The van der Waals surface area contributed by atoms with Crippen LogP contribution in [0.15, 0.2) is 84.9 Å². The van der Waals surface area contributed by atoms with Gasteiger partial charge in [-0.25, -0.2) is 19.6 Å². The highest BCUT2D eigenvalue weighted by Crippen LogP contribution is 2.33. The number of nitrogens with one attached hydrogen (secondary N) is 2. The van der Waals surface area contributed by atoms with Gasteiger partial charge in [0.15, 0.2) is 0 Å². The Kier molecular flexibility index (Phi) is 6.71. The molecule has 0 amide bonds. The molecule has 0 atom stereocenters. The highest BCUT2D eigenvalue weighted by molar-refractivity contribution is 5.96. The van der Waals surface area contributed by atoms with E-state index in [1.165, 1.54) is 14.2 Å².